The molecule has 0 unspecified atom stereocenters. The van der Waals surface area contributed by atoms with Gasteiger partial charge in [0.05, 0.1) is 29.6 Å². The fraction of sp³-hybridized carbons (Fsp3) is 0.167. The predicted octanol–water partition coefficient (Wildman–Crippen LogP) is 6.05. The molecule has 2 amide bonds. The van der Waals surface area contributed by atoms with Crippen molar-refractivity contribution in [1.82, 2.24) is 20.2 Å². The van der Waals surface area contributed by atoms with Crippen LogP contribution < -0.4 is 5.32 Å². The lowest BCUT2D eigenvalue weighted by Crippen LogP contribution is -2.47. The largest absolute Gasteiger partial charge is 0.463 e. The van der Waals surface area contributed by atoms with Gasteiger partial charge in [-0.25, -0.2) is 14.6 Å². The third kappa shape index (κ3) is 5.21. The van der Waals surface area contributed by atoms with Crippen LogP contribution in [-0.4, -0.2) is 46.3 Å². The Morgan fingerprint density at radius 1 is 0.947 bits per heavy atom. The lowest BCUT2D eigenvalue weighted by molar-refractivity contribution is -0.139. The van der Waals surface area contributed by atoms with Crippen LogP contribution in [0.3, 0.4) is 0 Å². The van der Waals surface area contributed by atoms with Gasteiger partial charge in [0.1, 0.15) is 0 Å². The van der Waals surface area contributed by atoms with E-state index in [1.54, 1.807) is 14.0 Å². The van der Waals surface area contributed by atoms with Gasteiger partial charge in [-0.1, -0.05) is 103 Å². The molecule has 0 saturated carbocycles. The Bertz CT molecular complexity index is 1400. The van der Waals surface area contributed by atoms with Gasteiger partial charge >= 0.3 is 12.0 Å². The Hall–Kier alpha value is -4.30. The Morgan fingerprint density at radius 2 is 1.55 bits per heavy atom. The summed E-state index contributed by atoms with van der Waals surface area (Å²) in [5.41, 5.74) is 5.60. The smallest absolute Gasteiger partial charge is 0.338 e. The zero-order valence-electron chi connectivity index (χ0n) is 21.2. The SMILES string of the molecule is CCOC(=O)C1=C(CSc2nc(-c3ccccc3)c(-c3ccccc3)[nH]2)N(C)C(=O)N[C@H]1c1ccccc1. The Kier molecular flexibility index (Phi) is 7.60. The van der Waals surface area contributed by atoms with Crippen molar-refractivity contribution < 1.29 is 14.3 Å². The standard InChI is InChI=1S/C30H28N4O3S/c1-3-37-28(35)24-23(34(2)30(36)33-25(24)20-13-7-4-8-14-20)19-38-29-31-26(21-15-9-5-10-16-21)27(32-29)22-17-11-6-12-18-22/h4-18,25H,3,19H2,1-2H3,(H,31,32)(H,33,36)/t25-/m0/s1. The topological polar surface area (TPSA) is 87.3 Å². The zero-order valence-corrected chi connectivity index (χ0v) is 22.0. The first-order chi connectivity index (χ1) is 18.6. The Morgan fingerprint density at radius 3 is 2.18 bits per heavy atom. The lowest BCUT2D eigenvalue weighted by Gasteiger charge is -2.34. The van der Waals surface area contributed by atoms with Crippen LogP contribution in [0.15, 0.2) is 107 Å². The maximum Gasteiger partial charge on any atom is 0.338 e. The fourth-order valence-electron chi connectivity index (χ4n) is 4.45. The number of thioether (sulfide) groups is 1. The number of urea groups is 1. The van der Waals surface area contributed by atoms with E-state index in [2.05, 4.69) is 10.3 Å². The van der Waals surface area contributed by atoms with Gasteiger partial charge in [0.2, 0.25) is 0 Å². The second-order valence-electron chi connectivity index (χ2n) is 8.72. The monoisotopic (exact) mass is 524 g/mol. The summed E-state index contributed by atoms with van der Waals surface area (Å²) in [5.74, 6) is -0.101. The van der Waals surface area contributed by atoms with E-state index in [9.17, 15) is 9.59 Å². The van der Waals surface area contributed by atoms with Crippen molar-refractivity contribution in [3.8, 4) is 22.5 Å². The summed E-state index contributed by atoms with van der Waals surface area (Å²) in [7, 11) is 1.67. The van der Waals surface area contributed by atoms with Gasteiger partial charge in [-0.3, -0.25) is 4.90 Å². The highest BCUT2D eigenvalue weighted by Crippen LogP contribution is 2.36. The summed E-state index contributed by atoms with van der Waals surface area (Å²) in [6.45, 7) is 2.01. The first-order valence-corrected chi connectivity index (χ1v) is 13.4. The Balaban J connectivity index is 1.53. The van der Waals surface area contributed by atoms with Gasteiger partial charge in [0.15, 0.2) is 5.16 Å². The van der Waals surface area contributed by atoms with Gasteiger partial charge in [-0.2, -0.15) is 0 Å². The van der Waals surface area contributed by atoms with E-state index in [0.29, 0.717) is 22.2 Å². The number of hydrogen-bond donors (Lipinski definition) is 2. The van der Waals surface area contributed by atoms with Crippen LogP contribution in [0.2, 0.25) is 0 Å². The molecule has 5 rings (SSSR count). The van der Waals surface area contributed by atoms with Crippen LogP contribution in [0.4, 0.5) is 4.79 Å². The zero-order chi connectivity index (χ0) is 26.5. The molecule has 0 fully saturated rings. The molecule has 3 aromatic carbocycles. The lowest BCUT2D eigenvalue weighted by atomic mass is 9.95. The van der Waals surface area contributed by atoms with E-state index >= 15 is 0 Å². The third-order valence-corrected chi connectivity index (χ3v) is 7.23. The van der Waals surface area contributed by atoms with Crippen LogP contribution in [0.1, 0.15) is 18.5 Å². The highest BCUT2D eigenvalue weighted by molar-refractivity contribution is 7.99. The summed E-state index contributed by atoms with van der Waals surface area (Å²) in [5, 5.41) is 3.64. The maximum absolute atomic E-state index is 13.2. The molecular formula is C30H28N4O3S. The minimum Gasteiger partial charge on any atom is -0.463 e. The molecule has 192 valence electrons. The molecule has 0 aliphatic carbocycles. The van der Waals surface area contributed by atoms with Crippen molar-refractivity contribution in [2.75, 3.05) is 19.4 Å². The van der Waals surface area contributed by atoms with Crippen molar-refractivity contribution >= 4 is 23.8 Å². The first kappa shape index (κ1) is 25.4. The summed E-state index contributed by atoms with van der Waals surface area (Å²) in [4.78, 5) is 36.0. The number of aromatic nitrogens is 2. The number of nitrogens with one attached hydrogen (secondary N) is 2. The van der Waals surface area contributed by atoms with Crippen LogP contribution in [-0.2, 0) is 9.53 Å². The molecule has 2 heterocycles. The van der Waals surface area contributed by atoms with Crippen molar-refractivity contribution in [3.05, 3.63) is 108 Å². The number of amides is 2. The molecule has 1 aliphatic rings. The first-order valence-electron chi connectivity index (χ1n) is 12.4. The minimum absolute atomic E-state index is 0.237. The quantitative estimate of drug-likeness (QED) is 0.216. The third-order valence-electron chi connectivity index (χ3n) is 6.34. The number of aromatic amines is 1. The number of carbonyl (C=O) groups is 2. The summed E-state index contributed by atoms with van der Waals surface area (Å²) < 4.78 is 5.43. The van der Waals surface area contributed by atoms with Crippen molar-refractivity contribution in [2.45, 2.75) is 18.1 Å². The molecule has 1 atom stereocenters. The number of rotatable bonds is 8. The number of ether oxygens (including phenoxy) is 1. The summed E-state index contributed by atoms with van der Waals surface area (Å²) >= 11 is 1.44. The van der Waals surface area contributed by atoms with E-state index in [-0.39, 0.29) is 12.6 Å². The normalized spacial score (nSPS) is 15.4. The number of benzene rings is 3. The van der Waals surface area contributed by atoms with Crippen molar-refractivity contribution in [2.24, 2.45) is 0 Å². The van der Waals surface area contributed by atoms with E-state index in [0.717, 1.165) is 28.1 Å². The van der Waals surface area contributed by atoms with Crippen molar-refractivity contribution in [1.29, 1.82) is 0 Å². The molecular weight excluding hydrogens is 496 g/mol. The van der Waals surface area contributed by atoms with E-state index in [1.165, 1.54) is 16.7 Å². The number of H-pyrrole nitrogens is 1. The molecule has 1 aromatic heterocycles. The maximum atomic E-state index is 13.2. The van der Waals surface area contributed by atoms with E-state index < -0.39 is 12.0 Å². The molecule has 0 bridgehead atoms. The highest BCUT2D eigenvalue weighted by Gasteiger charge is 2.36. The summed E-state index contributed by atoms with van der Waals surface area (Å²) in [6, 6.07) is 28.6. The number of hydrogen-bond acceptors (Lipinski definition) is 5. The van der Waals surface area contributed by atoms with Crippen LogP contribution in [0.25, 0.3) is 22.5 Å². The number of esters is 1. The molecule has 38 heavy (non-hydrogen) atoms. The average molecular weight is 525 g/mol. The molecule has 0 saturated heterocycles. The molecule has 2 N–H and O–H groups in total. The number of imidazole rings is 1. The van der Waals surface area contributed by atoms with Crippen LogP contribution in [0.5, 0.6) is 0 Å². The Labute approximate surface area is 225 Å². The second kappa shape index (κ2) is 11.4. The predicted molar refractivity (Wildman–Crippen MR) is 149 cm³/mol. The molecule has 7 nitrogen and oxygen atoms in total. The average Bonchev–Trinajstić information content (AvgIpc) is 3.39. The molecule has 8 heteroatoms. The van der Waals surface area contributed by atoms with E-state index in [1.807, 2.05) is 91.0 Å². The molecule has 1 aliphatic heterocycles. The summed E-state index contributed by atoms with van der Waals surface area (Å²) in [6.07, 6.45) is 0. The van der Waals surface area contributed by atoms with Crippen LogP contribution in [0, 0.1) is 0 Å². The van der Waals surface area contributed by atoms with Gasteiger partial charge in [-0.15, -0.1) is 0 Å². The van der Waals surface area contributed by atoms with Gasteiger partial charge in [-0.05, 0) is 12.5 Å². The minimum atomic E-state index is -0.606. The van der Waals surface area contributed by atoms with Gasteiger partial charge in [0, 0.05) is 29.6 Å². The van der Waals surface area contributed by atoms with Crippen LogP contribution >= 0.6 is 11.8 Å². The van der Waals surface area contributed by atoms with Gasteiger partial charge in [0.25, 0.3) is 0 Å². The van der Waals surface area contributed by atoms with Crippen molar-refractivity contribution in [3.63, 3.8) is 0 Å². The molecule has 4 aromatic rings. The molecule has 0 radical (unpaired) electrons. The number of carbonyl (C=O) groups excluding carboxylic acids is 2. The number of nitrogens with zero attached hydrogens (tertiary/aromatic N) is 2. The fourth-order valence-corrected chi connectivity index (χ4v) is 5.40. The second-order valence-corrected chi connectivity index (χ2v) is 9.68. The highest BCUT2D eigenvalue weighted by atomic mass is 32.2. The molecule has 0 spiro atoms. The van der Waals surface area contributed by atoms with Gasteiger partial charge < -0.3 is 15.0 Å². The van der Waals surface area contributed by atoms with E-state index in [4.69, 9.17) is 9.72 Å².